The van der Waals surface area contributed by atoms with Crippen molar-refractivity contribution in [3.05, 3.63) is 63.6 Å². The van der Waals surface area contributed by atoms with Crippen molar-refractivity contribution < 1.29 is 9.90 Å². The first kappa shape index (κ1) is 22.2. The van der Waals surface area contributed by atoms with Gasteiger partial charge in [0.1, 0.15) is 5.75 Å². The summed E-state index contributed by atoms with van der Waals surface area (Å²) in [4.78, 5) is 17.7. The van der Waals surface area contributed by atoms with Crippen LogP contribution in [-0.4, -0.2) is 16.2 Å². The first-order chi connectivity index (χ1) is 13.8. The third kappa shape index (κ3) is 4.96. The number of benzene rings is 2. The Kier molecular flexibility index (Phi) is 5.87. The number of nitrogens with one attached hydrogen (secondary N) is 1. The molecule has 4 nitrogen and oxygen atoms in total. The molecule has 1 aliphatic heterocycles. The van der Waals surface area contributed by atoms with E-state index in [1.54, 1.807) is 0 Å². The molecule has 2 N–H and O–H groups in total. The van der Waals surface area contributed by atoms with Gasteiger partial charge in [-0.2, -0.15) is 0 Å². The lowest BCUT2D eigenvalue weighted by Gasteiger charge is -2.28. The first-order valence-corrected chi connectivity index (χ1v) is 10.9. The van der Waals surface area contributed by atoms with E-state index in [0.29, 0.717) is 15.8 Å². The Morgan fingerprint density at radius 2 is 1.60 bits per heavy atom. The van der Waals surface area contributed by atoms with Crippen LogP contribution in [-0.2, 0) is 15.6 Å². The van der Waals surface area contributed by atoms with Crippen molar-refractivity contribution in [2.24, 2.45) is 4.99 Å². The molecule has 1 fully saturated rings. The van der Waals surface area contributed by atoms with Gasteiger partial charge >= 0.3 is 0 Å². The molecule has 2 aromatic carbocycles. The van der Waals surface area contributed by atoms with Crippen molar-refractivity contribution in [3.8, 4) is 5.75 Å². The lowest BCUT2D eigenvalue weighted by Crippen LogP contribution is -2.19. The van der Waals surface area contributed by atoms with Crippen LogP contribution in [0.15, 0.2) is 46.3 Å². The molecule has 2 aromatic rings. The Bertz CT molecular complexity index is 1020. The van der Waals surface area contributed by atoms with Crippen molar-refractivity contribution in [1.29, 1.82) is 0 Å². The van der Waals surface area contributed by atoms with E-state index in [2.05, 4.69) is 51.9 Å². The molecule has 0 bridgehead atoms. The summed E-state index contributed by atoms with van der Waals surface area (Å²) < 4.78 is 0. The van der Waals surface area contributed by atoms with Gasteiger partial charge in [0.15, 0.2) is 5.17 Å². The summed E-state index contributed by atoms with van der Waals surface area (Å²) in [5, 5.41) is 14.3. The van der Waals surface area contributed by atoms with Gasteiger partial charge in [-0.1, -0.05) is 53.7 Å². The van der Waals surface area contributed by atoms with E-state index in [1.807, 2.05) is 49.4 Å². The Morgan fingerprint density at radius 1 is 1.00 bits per heavy atom. The van der Waals surface area contributed by atoms with Gasteiger partial charge in [0.2, 0.25) is 0 Å². The quantitative estimate of drug-likeness (QED) is 0.568. The van der Waals surface area contributed by atoms with Crippen LogP contribution in [0, 0.1) is 6.92 Å². The maximum atomic E-state index is 12.5. The van der Waals surface area contributed by atoms with Gasteiger partial charge in [0.25, 0.3) is 5.91 Å². The Balaban J connectivity index is 2.01. The number of carbonyl (C=O) groups excluding carboxylic acids is 1. The number of hydrogen-bond donors (Lipinski definition) is 2. The minimum Gasteiger partial charge on any atom is -0.507 e. The molecule has 158 valence electrons. The predicted molar refractivity (Wildman–Crippen MR) is 127 cm³/mol. The fourth-order valence-corrected chi connectivity index (χ4v) is 4.17. The summed E-state index contributed by atoms with van der Waals surface area (Å²) in [5.74, 6) is 0.177. The average molecular weight is 423 g/mol. The molecule has 0 unspecified atom stereocenters. The molecule has 1 amide bonds. The largest absolute Gasteiger partial charge is 0.507 e. The molecule has 1 heterocycles. The van der Waals surface area contributed by atoms with Crippen LogP contribution in [0.5, 0.6) is 5.75 Å². The zero-order valence-electron chi connectivity index (χ0n) is 18.8. The molecule has 0 aliphatic carbocycles. The molecule has 1 aliphatic rings. The number of thioether (sulfide) groups is 1. The van der Waals surface area contributed by atoms with Crippen molar-refractivity contribution in [1.82, 2.24) is 5.32 Å². The second-order valence-corrected chi connectivity index (χ2v) is 10.8. The van der Waals surface area contributed by atoms with Gasteiger partial charge in [0.05, 0.1) is 10.6 Å². The molecule has 1 saturated heterocycles. The van der Waals surface area contributed by atoms with E-state index >= 15 is 0 Å². The van der Waals surface area contributed by atoms with Crippen molar-refractivity contribution in [3.63, 3.8) is 0 Å². The highest BCUT2D eigenvalue weighted by atomic mass is 32.2. The third-order valence-corrected chi connectivity index (χ3v) is 5.84. The van der Waals surface area contributed by atoms with Crippen LogP contribution in [0.2, 0.25) is 0 Å². The van der Waals surface area contributed by atoms with E-state index in [-0.39, 0.29) is 16.7 Å². The summed E-state index contributed by atoms with van der Waals surface area (Å²) in [6.07, 6.45) is 1.88. The van der Waals surface area contributed by atoms with E-state index in [9.17, 15) is 9.90 Å². The maximum absolute atomic E-state index is 12.5. The SMILES string of the molecule is Cc1cccc(N=C2NC(=O)/C(=C/c3cc(C(C)(C)C)c(O)c(C(C)(C)C)c3)S2)c1. The standard InChI is InChI=1S/C25H30N2O2S/c1-15-9-8-10-17(11-15)26-23-27-22(29)20(30-23)14-16-12-18(24(2,3)4)21(28)19(13-16)25(5,6)7/h8-14,28H,1-7H3,(H,26,27,29)/b20-14-. The summed E-state index contributed by atoms with van der Waals surface area (Å²) in [7, 11) is 0. The highest BCUT2D eigenvalue weighted by molar-refractivity contribution is 8.18. The van der Waals surface area contributed by atoms with E-state index < -0.39 is 0 Å². The predicted octanol–water partition coefficient (Wildman–Crippen LogP) is 6.19. The Hall–Kier alpha value is -2.53. The smallest absolute Gasteiger partial charge is 0.264 e. The number of aromatic hydroxyl groups is 1. The van der Waals surface area contributed by atoms with Crippen LogP contribution in [0.25, 0.3) is 6.08 Å². The fraction of sp³-hybridized carbons (Fsp3) is 0.360. The van der Waals surface area contributed by atoms with E-state index in [0.717, 1.165) is 27.9 Å². The Morgan fingerprint density at radius 3 is 2.13 bits per heavy atom. The Labute approximate surface area is 183 Å². The first-order valence-electron chi connectivity index (χ1n) is 10.1. The van der Waals surface area contributed by atoms with Crippen LogP contribution in [0.3, 0.4) is 0 Å². The van der Waals surface area contributed by atoms with Crippen LogP contribution >= 0.6 is 11.8 Å². The molecule has 0 aromatic heterocycles. The minimum absolute atomic E-state index is 0.158. The second-order valence-electron chi connectivity index (χ2n) is 9.79. The number of amidine groups is 1. The molecule has 0 spiro atoms. The van der Waals surface area contributed by atoms with Crippen molar-refractivity contribution >= 4 is 34.6 Å². The fourth-order valence-electron chi connectivity index (χ4n) is 3.33. The second kappa shape index (κ2) is 7.95. The number of aliphatic imine (C=N–C) groups is 1. The summed E-state index contributed by atoms with van der Waals surface area (Å²) >= 11 is 1.33. The summed E-state index contributed by atoms with van der Waals surface area (Å²) in [6.45, 7) is 14.5. The molecule has 3 rings (SSSR count). The highest BCUT2D eigenvalue weighted by Crippen LogP contribution is 2.40. The van der Waals surface area contributed by atoms with Crippen molar-refractivity contribution in [2.45, 2.75) is 59.3 Å². The maximum Gasteiger partial charge on any atom is 0.264 e. The summed E-state index contributed by atoms with van der Waals surface area (Å²) in [6, 6.07) is 11.8. The lowest BCUT2D eigenvalue weighted by molar-refractivity contribution is -0.115. The number of hydrogen-bond acceptors (Lipinski definition) is 4. The molecule has 0 saturated carbocycles. The highest BCUT2D eigenvalue weighted by Gasteiger charge is 2.28. The van der Waals surface area contributed by atoms with Crippen LogP contribution < -0.4 is 5.32 Å². The lowest BCUT2D eigenvalue weighted by atomic mass is 9.78. The number of amides is 1. The van der Waals surface area contributed by atoms with E-state index in [1.165, 1.54) is 11.8 Å². The number of aryl methyl sites for hydroxylation is 1. The molecule has 5 heteroatoms. The molecule has 0 radical (unpaired) electrons. The zero-order chi connectivity index (χ0) is 22.3. The number of nitrogens with zero attached hydrogens (tertiary/aromatic N) is 1. The topological polar surface area (TPSA) is 61.7 Å². The van der Waals surface area contributed by atoms with Crippen LogP contribution in [0.1, 0.15) is 63.8 Å². The van der Waals surface area contributed by atoms with Crippen molar-refractivity contribution in [2.75, 3.05) is 0 Å². The number of carbonyl (C=O) groups is 1. The zero-order valence-corrected chi connectivity index (χ0v) is 19.6. The molecule has 30 heavy (non-hydrogen) atoms. The molecular weight excluding hydrogens is 392 g/mol. The number of phenolic OH excluding ortho intramolecular Hbond substituents is 1. The van der Waals surface area contributed by atoms with Gasteiger partial charge in [-0.25, -0.2) is 4.99 Å². The number of phenols is 1. The van der Waals surface area contributed by atoms with Gasteiger partial charge < -0.3 is 10.4 Å². The van der Waals surface area contributed by atoms with Gasteiger partial charge in [-0.05, 0) is 71.0 Å². The normalized spacial score (nSPS) is 17.6. The van der Waals surface area contributed by atoms with Gasteiger partial charge in [0, 0.05) is 11.1 Å². The van der Waals surface area contributed by atoms with E-state index in [4.69, 9.17) is 0 Å². The molecular formula is C25H30N2O2S. The third-order valence-electron chi connectivity index (χ3n) is 4.93. The van der Waals surface area contributed by atoms with Gasteiger partial charge in [-0.15, -0.1) is 0 Å². The summed E-state index contributed by atoms with van der Waals surface area (Å²) in [5.41, 5.74) is 4.14. The number of rotatable bonds is 2. The monoisotopic (exact) mass is 422 g/mol. The molecule has 0 atom stereocenters. The average Bonchev–Trinajstić information content (AvgIpc) is 2.93. The van der Waals surface area contributed by atoms with Gasteiger partial charge in [-0.3, -0.25) is 4.79 Å². The minimum atomic E-state index is -0.221. The van der Waals surface area contributed by atoms with Crippen LogP contribution in [0.4, 0.5) is 5.69 Å².